The topological polar surface area (TPSA) is 102 Å². The zero-order valence-corrected chi connectivity index (χ0v) is 37.7. The summed E-state index contributed by atoms with van der Waals surface area (Å²) >= 11 is 0. The second-order valence-electron chi connectivity index (χ2n) is 16.5. The number of nitrogens with zero attached hydrogens (tertiary/aromatic N) is 2. The largest absolute Gasteiger partial charge is 0.494 e. The Morgan fingerprint density at radius 2 is 0.569 bits per heavy atom. The molecular weight excluding hydrogens is 805 g/mol. The number of hydrogen-bond acceptors (Lipinski definition) is 7. The van der Waals surface area contributed by atoms with Crippen molar-refractivity contribution in [2.45, 2.75) is 96.3 Å². The second kappa shape index (κ2) is 27.4. The van der Waals surface area contributed by atoms with Crippen molar-refractivity contribution >= 4 is 5.97 Å². The lowest BCUT2D eigenvalue weighted by Crippen LogP contribution is -2.06. The monoisotopic (exact) mass is 866 g/mol. The summed E-state index contributed by atoms with van der Waals surface area (Å²) < 4.78 is 23.5. The van der Waals surface area contributed by atoms with E-state index < -0.39 is 0 Å². The van der Waals surface area contributed by atoms with Crippen LogP contribution in [0.1, 0.15) is 118 Å². The van der Waals surface area contributed by atoms with Crippen LogP contribution in [0.4, 0.5) is 0 Å². The molecule has 6 aromatic carbocycles. The van der Waals surface area contributed by atoms with Crippen LogP contribution in [0, 0.1) is 22.7 Å². The van der Waals surface area contributed by atoms with Crippen molar-refractivity contribution in [1.29, 1.82) is 10.5 Å². The third kappa shape index (κ3) is 16.7. The summed E-state index contributed by atoms with van der Waals surface area (Å²) in [5.41, 5.74) is 8.44. The number of rotatable bonds is 28. The molecule has 0 aromatic heterocycles. The fraction of sp³-hybridized carbons (Fsp3) is 0.328. The normalized spacial score (nSPS) is 10.7. The van der Waals surface area contributed by atoms with Gasteiger partial charge >= 0.3 is 5.97 Å². The van der Waals surface area contributed by atoms with Crippen LogP contribution in [0.25, 0.3) is 33.4 Å². The molecule has 0 saturated carbocycles. The Labute approximate surface area is 386 Å². The van der Waals surface area contributed by atoms with E-state index in [4.69, 9.17) is 29.5 Å². The van der Waals surface area contributed by atoms with Gasteiger partial charge in [0.2, 0.25) is 0 Å². The minimum absolute atomic E-state index is 0.272. The van der Waals surface area contributed by atoms with Gasteiger partial charge in [0.1, 0.15) is 17.2 Å². The highest BCUT2D eigenvalue weighted by Crippen LogP contribution is 2.26. The van der Waals surface area contributed by atoms with E-state index in [0.29, 0.717) is 29.9 Å². The zero-order chi connectivity index (χ0) is 45.2. The van der Waals surface area contributed by atoms with Crippen molar-refractivity contribution in [3.63, 3.8) is 0 Å². The number of benzene rings is 6. The van der Waals surface area contributed by atoms with Crippen LogP contribution in [-0.2, 0) is 4.74 Å². The molecule has 0 atom stereocenters. The maximum atomic E-state index is 12.6. The van der Waals surface area contributed by atoms with Gasteiger partial charge in [-0.1, -0.05) is 143 Å². The molecule has 6 rings (SSSR count). The lowest BCUT2D eigenvalue weighted by Gasteiger charge is -2.09. The number of unbranched alkanes of at least 4 members (excludes halogenated alkanes) is 13. The molecule has 6 aromatic rings. The highest BCUT2D eigenvalue weighted by molar-refractivity contribution is 5.90. The molecule has 0 amide bonds. The first-order chi connectivity index (χ1) is 32.1. The molecular formula is C58H62N2O5. The number of esters is 1. The summed E-state index contributed by atoms with van der Waals surface area (Å²) in [7, 11) is 0. The van der Waals surface area contributed by atoms with Gasteiger partial charge in [-0.15, -0.1) is 0 Å². The van der Waals surface area contributed by atoms with E-state index in [2.05, 4.69) is 48.5 Å². The lowest BCUT2D eigenvalue weighted by molar-refractivity contribution is 0.0497. The highest BCUT2D eigenvalue weighted by atomic mass is 16.5. The number of carbonyl (C=O) groups is 1. The van der Waals surface area contributed by atoms with E-state index in [9.17, 15) is 4.79 Å². The smallest absolute Gasteiger partial charge is 0.338 e. The Morgan fingerprint density at radius 1 is 0.323 bits per heavy atom. The third-order valence-corrected chi connectivity index (χ3v) is 11.6. The Hall–Kier alpha value is -6.83. The minimum atomic E-state index is -0.272. The first-order valence-corrected chi connectivity index (χ1v) is 23.6. The molecule has 65 heavy (non-hydrogen) atoms. The average molecular weight is 867 g/mol. The van der Waals surface area contributed by atoms with Crippen LogP contribution in [0.15, 0.2) is 146 Å². The highest BCUT2D eigenvalue weighted by Gasteiger charge is 2.09. The van der Waals surface area contributed by atoms with Crippen LogP contribution >= 0.6 is 0 Å². The van der Waals surface area contributed by atoms with E-state index in [1.165, 1.54) is 51.4 Å². The van der Waals surface area contributed by atoms with Gasteiger partial charge in [0.05, 0.1) is 55.3 Å². The van der Waals surface area contributed by atoms with Crippen molar-refractivity contribution in [3.05, 3.63) is 162 Å². The maximum absolute atomic E-state index is 12.6. The van der Waals surface area contributed by atoms with Crippen molar-refractivity contribution in [3.8, 4) is 62.8 Å². The Morgan fingerprint density at radius 3 is 0.862 bits per heavy atom. The molecule has 7 nitrogen and oxygen atoms in total. The standard InChI is InChI=1S/C58H62N2O5/c59-44-46-16-20-48(21-17-46)51-28-34-55(35-29-51)62-40-12-8-4-1-2-5-9-13-41-64-57-38-32-53(33-39-57)50-24-26-54(27-25-50)58(61)65-43-15-11-7-3-6-10-14-42-63-56-36-30-52(31-37-56)49-22-18-47(45-60)19-23-49/h16-39H,1-15,40-43H2. The molecule has 0 radical (unpaired) electrons. The van der Waals surface area contributed by atoms with Gasteiger partial charge in [0.15, 0.2) is 0 Å². The van der Waals surface area contributed by atoms with Crippen molar-refractivity contribution in [2.24, 2.45) is 0 Å². The summed E-state index contributed by atoms with van der Waals surface area (Å²) in [5, 5.41) is 18.0. The van der Waals surface area contributed by atoms with Gasteiger partial charge in [-0.2, -0.15) is 10.5 Å². The molecule has 0 heterocycles. The third-order valence-electron chi connectivity index (χ3n) is 11.6. The molecule has 0 aliphatic heterocycles. The molecule has 0 fully saturated rings. The molecule has 0 unspecified atom stereocenters. The fourth-order valence-electron chi connectivity index (χ4n) is 7.68. The molecule has 0 bridgehead atoms. The molecule has 7 heteroatoms. The summed E-state index contributed by atoms with van der Waals surface area (Å²) in [4.78, 5) is 12.6. The van der Waals surface area contributed by atoms with E-state index in [1.54, 1.807) is 0 Å². The molecule has 0 aliphatic carbocycles. The molecule has 0 saturated heterocycles. The van der Waals surface area contributed by atoms with Crippen LogP contribution in [0.2, 0.25) is 0 Å². The number of nitriles is 2. The number of hydrogen-bond donors (Lipinski definition) is 0. The van der Waals surface area contributed by atoms with Crippen molar-refractivity contribution in [1.82, 2.24) is 0 Å². The van der Waals surface area contributed by atoms with Crippen LogP contribution in [0.3, 0.4) is 0 Å². The molecule has 0 aliphatic rings. The van der Waals surface area contributed by atoms with Crippen LogP contribution in [0.5, 0.6) is 17.2 Å². The predicted molar refractivity (Wildman–Crippen MR) is 261 cm³/mol. The number of carbonyl (C=O) groups excluding carboxylic acids is 1. The predicted octanol–water partition coefficient (Wildman–Crippen LogP) is 15.0. The van der Waals surface area contributed by atoms with Crippen molar-refractivity contribution in [2.75, 3.05) is 26.4 Å². The van der Waals surface area contributed by atoms with E-state index in [0.717, 1.165) is 109 Å². The first-order valence-electron chi connectivity index (χ1n) is 23.6. The Balaban J connectivity index is 0.719. The van der Waals surface area contributed by atoms with Gasteiger partial charge in [-0.05, 0) is 132 Å². The van der Waals surface area contributed by atoms with Gasteiger partial charge < -0.3 is 18.9 Å². The first kappa shape index (κ1) is 47.6. The van der Waals surface area contributed by atoms with Crippen molar-refractivity contribution < 1.29 is 23.7 Å². The summed E-state index contributed by atoms with van der Waals surface area (Å²) in [5.74, 6) is 2.38. The maximum Gasteiger partial charge on any atom is 0.338 e. The Bertz CT molecular complexity index is 2360. The van der Waals surface area contributed by atoms with E-state index in [-0.39, 0.29) is 5.97 Å². The average Bonchev–Trinajstić information content (AvgIpc) is 3.36. The van der Waals surface area contributed by atoms with E-state index in [1.807, 2.05) is 109 Å². The zero-order valence-electron chi connectivity index (χ0n) is 37.7. The van der Waals surface area contributed by atoms with E-state index >= 15 is 0 Å². The van der Waals surface area contributed by atoms with Crippen LogP contribution in [-0.4, -0.2) is 32.4 Å². The minimum Gasteiger partial charge on any atom is -0.494 e. The second-order valence-corrected chi connectivity index (χ2v) is 16.5. The summed E-state index contributed by atoms with van der Waals surface area (Å²) in [6.07, 6.45) is 17.0. The fourth-order valence-corrected chi connectivity index (χ4v) is 7.68. The van der Waals surface area contributed by atoms with Gasteiger partial charge in [0.25, 0.3) is 0 Å². The van der Waals surface area contributed by atoms with Gasteiger partial charge in [-0.25, -0.2) is 4.79 Å². The quantitative estimate of drug-likeness (QED) is 0.0357. The van der Waals surface area contributed by atoms with Crippen LogP contribution < -0.4 is 14.2 Å². The number of ether oxygens (including phenoxy) is 4. The van der Waals surface area contributed by atoms with Gasteiger partial charge in [0, 0.05) is 0 Å². The molecule has 334 valence electrons. The Kier molecular flexibility index (Phi) is 20.1. The summed E-state index contributed by atoms with van der Waals surface area (Å²) in [6, 6.07) is 51.6. The lowest BCUT2D eigenvalue weighted by atomic mass is 10.0. The SMILES string of the molecule is N#Cc1ccc(-c2ccc(OCCCCCCCCCCOc3ccc(-c4ccc(C(=O)OCCCCCCCCCOc5ccc(-c6ccc(C#N)cc6)cc5)cc4)cc3)cc2)cc1. The molecule has 0 spiro atoms. The summed E-state index contributed by atoms with van der Waals surface area (Å²) in [6.45, 7) is 2.61. The van der Waals surface area contributed by atoms with Gasteiger partial charge in [-0.3, -0.25) is 0 Å². The molecule has 0 N–H and O–H groups in total.